The van der Waals surface area contributed by atoms with Crippen LogP contribution in [0.15, 0.2) is 10.7 Å². The third-order valence-corrected chi connectivity index (χ3v) is 3.56. The molecule has 92 valence electrons. The Balaban J connectivity index is 2.62. The van der Waals surface area contributed by atoms with Gasteiger partial charge in [-0.15, -0.1) is 0 Å². The van der Waals surface area contributed by atoms with E-state index in [-0.39, 0.29) is 0 Å². The summed E-state index contributed by atoms with van der Waals surface area (Å²) in [5, 5.41) is 4.39. The quantitative estimate of drug-likeness (QED) is 0.734. The lowest BCUT2D eigenvalue weighted by atomic mass is 10.2. The molecule has 0 aliphatic rings. The van der Waals surface area contributed by atoms with Crippen molar-refractivity contribution in [2.45, 2.75) is 31.1 Å². The maximum Gasteiger partial charge on any atom is 0.0635 e. The molecule has 0 aromatic carbocycles. The van der Waals surface area contributed by atoms with Gasteiger partial charge < -0.3 is 4.90 Å². The SMILES string of the molecule is CC(Br)CCc1c(Br)cnn1CCN(C)C. The topological polar surface area (TPSA) is 21.1 Å². The minimum Gasteiger partial charge on any atom is -0.308 e. The Morgan fingerprint density at radius 2 is 2.19 bits per heavy atom. The predicted molar refractivity (Wildman–Crippen MR) is 75.2 cm³/mol. The van der Waals surface area contributed by atoms with Gasteiger partial charge in [0.1, 0.15) is 0 Å². The normalized spacial score (nSPS) is 13.4. The van der Waals surface area contributed by atoms with Crippen LogP contribution in [0, 0.1) is 0 Å². The summed E-state index contributed by atoms with van der Waals surface area (Å²) in [4.78, 5) is 2.73. The zero-order valence-corrected chi connectivity index (χ0v) is 13.3. The van der Waals surface area contributed by atoms with Crippen molar-refractivity contribution >= 4 is 31.9 Å². The van der Waals surface area contributed by atoms with Crippen LogP contribution < -0.4 is 0 Å². The Hall–Kier alpha value is 0.130. The average Bonchev–Trinajstić information content (AvgIpc) is 2.53. The molecule has 3 nitrogen and oxygen atoms in total. The Morgan fingerprint density at radius 3 is 2.75 bits per heavy atom. The van der Waals surface area contributed by atoms with Gasteiger partial charge in [-0.2, -0.15) is 5.10 Å². The fourth-order valence-electron chi connectivity index (χ4n) is 1.46. The number of halogens is 2. The average molecular weight is 353 g/mol. The summed E-state index contributed by atoms with van der Waals surface area (Å²) >= 11 is 7.14. The molecule has 0 fully saturated rings. The van der Waals surface area contributed by atoms with Gasteiger partial charge in [-0.25, -0.2) is 0 Å². The molecule has 1 aromatic rings. The van der Waals surface area contributed by atoms with Crippen LogP contribution in [0.3, 0.4) is 0 Å². The first-order valence-electron chi connectivity index (χ1n) is 5.49. The minimum atomic E-state index is 0.552. The van der Waals surface area contributed by atoms with Crippen LogP contribution in [0.25, 0.3) is 0 Å². The van der Waals surface area contributed by atoms with Crippen molar-refractivity contribution in [2.24, 2.45) is 0 Å². The number of hydrogen-bond donors (Lipinski definition) is 0. The van der Waals surface area contributed by atoms with Crippen LogP contribution in [0.4, 0.5) is 0 Å². The molecular weight excluding hydrogens is 334 g/mol. The second kappa shape index (κ2) is 6.77. The molecule has 0 saturated carbocycles. The fourth-order valence-corrected chi connectivity index (χ4v) is 2.18. The number of nitrogens with zero attached hydrogens (tertiary/aromatic N) is 3. The molecule has 0 radical (unpaired) electrons. The van der Waals surface area contributed by atoms with Crippen molar-refractivity contribution in [1.29, 1.82) is 0 Å². The van der Waals surface area contributed by atoms with Crippen LogP contribution in [0.5, 0.6) is 0 Å². The first kappa shape index (κ1) is 14.2. The number of hydrogen-bond acceptors (Lipinski definition) is 2. The molecule has 0 bridgehead atoms. The van der Waals surface area contributed by atoms with Crippen LogP contribution >= 0.6 is 31.9 Å². The highest BCUT2D eigenvalue weighted by molar-refractivity contribution is 9.10. The summed E-state index contributed by atoms with van der Waals surface area (Å²) < 4.78 is 3.22. The van der Waals surface area contributed by atoms with Gasteiger partial charge in [-0.05, 0) is 42.9 Å². The summed E-state index contributed by atoms with van der Waals surface area (Å²) in [6, 6.07) is 0. The van der Waals surface area contributed by atoms with E-state index in [9.17, 15) is 0 Å². The number of likely N-dealkylation sites (N-methyl/N-ethyl adjacent to an activating group) is 1. The first-order valence-corrected chi connectivity index (χ1v) is 7.20. The van der Waals surface area contributed by atoms with E-state index < -0.39 is 0 Å². The van der Waals surface area contributed by atoms with Crippen molar-refractivity contribution in [3.05, 3.63) is 16.4 Å². The van der Waals surface area contributed by atoms with Crippen molar-refractivity contribution in [1.82, 2.24) is 14.7 Å². The van der Waals surface area contributed by atoms with E-state index >= 15 is 0 Å². The zero-order chi connectivity index (χ0) is 12.1. The summed E-state index contributed by atoms with van der Waals surface area (Å²) in [7, 11) is 4.16. The van der Waals surface area contributed by atoms with Crippen LogP contribution in [-0.4, -0.2) is 40.1 Å². The Morgan fingerprint density at radius 1 is 1.50 bits per heavy atom. The second-order valence-electron chi connectivity index (χ2n) is 4.29. The van der Waals surface area contributed by atoms with Crippen molar-refractivity contribution < 1.29 is 0 Å². The molecule has 0 aliphatic carbocycles. The van der Waals surface area contributed by atoms with Gasteiger partial charge in [0.15, 0.2) is 0 Å². The molecule has 0 amide bonds. The lowest BCUT2D eigenvalue weighted by Gasteiger charge is -2.12. The Labute approximate surface area is 114 Å². The summed E-state index contributed by atoms with van der Waals surface area (Å²) in [6.45, 7) is 4.14. The lowest BCUT2D eigenvalue weighted by molar-refractivity contribution is 0.369. The molecule has 1 heterocycles. The molecule has 1 rings (SSSR count). The molecule has 0 N–H and O–H groups in total. The Kier molecular flexibility index (Phi) is 6.00. The minimum absolute atomic E-state index is 0.552. The van der Waals surface area contributed by atoms with E-state index in [0.717, 1.165) is 30.4 Å². The monoisotopic (exact) mass is 351 g/mol. The van der Waals surface area contributed by atoms with E-state index in [0.29, 0.717) is 4.83 Å². The van der Waals surface area contributed by atoms with Gasteiger partial charge in [0.05, 0.1) is 22.9 Å². The maximum atomic E-state index is 4.39. The highest BCUT2D eigenvalue weighted by Crippen LogP contribution is 2.19. The van der Waals surface area contributed by atoms with Gasteiger partial charge in [-0.3, -0.25) is 4.68 Å². The first-order chi connectivity index (χ1) is 7.50. The van der Waals surface area contributed by atoms with Gasteiger partial charge >= 0.3 is 0 Å². The third kappa shape index (κ3) is 4.55. The zero-order valence-electron chi connectivity index (χ0n) is 10.1. The van der Waals surface area contributed by atoms with E-state index in [1.807, 2.05) is 6.20 Å². The van der Waals surface area contributed by atoms with E-state index in [2.05, 4.69) is 67.6 Å². The van der Waals surface area contributed by atoms with Gasteiger partial charge in [0.25, 0.3) is 0 Å². The lowest BCUT2D eigenvalue weighted by Crippen LogP contribution is -2.20. The number of alkyl halides is 1. The van der Waals surface area contributed by atoms with E-state index in [4.69, 9.17) is 0 Å². The molecule has 1 aromatic heterocycles. The summed E-state index contributed by atoms with van der Waals surface area (Å²) in [5.41, 5.74) is 1.30. The molecule has 5 heteroatoms. The maximum absolute atomic E-state index is 4.39. The van der Waals surface area contributed by atoms with Gasteiger partial charge in [0.2, 0.25) is 0 Å². The van der Waals surface area contributed by atoms with E-state index in [1.165, 1.54) is 5.69 Å². The largest absolute Gasteiger partial charge is 0.308 e. The molecule has 0 saturated heterocycles. The predicted octanol–water partition coefficient (Wildman–Crippen LogP) is 2.92. The molecule has 0 aliphatic heterocycles. The fraction of sp³-hybridized carbons (Fsp3) is 0.727. The van der Waals surface area contributed by atoms with Crippen LogP contribution in [0.1, 0.15) is 19.0 Å². The number of rotatable bonds is 6. The molecule has 0 spiro atoms. The summed E-state index contributed by atoms with van der Waals surface area (Å²) in [5.74, 6) is 0. The standard InChI is InChI=1S/C11H19Br2N3/c1-9(12)4-5-11-10(13)8-14-16(11)7-6-15(2)3/h8-9H,4-7H2,1-3H3. The molecule has 1 unspecified atom stereocenters. The van der Waals surface area contributed by atoms with Crippen LogP contribution in [0.2, 0.25) is 0 Å². The highest BCUT2D eigenvalue weighted by atomic mass is 79.9. The van der Waals surface area contributed by atoms with Crippen molar-refractivity contribution in [3.8, 4) is 0 Å². The van der Waals surface area contributed by atoms with Crippen molar-refractivity contribution in [3.63, 3.8) is 0 Å². The van der Waals surface area contributed by atoms with Crippen LogP contribution in [-0.2, 0) is 13.0 Å². The van der Waals surface area contributed by atoms with Crippen molar-refractivity contribution in [2.75, 3.05) is 20.6 Å². The third-order valence-electron chi connectivity index (χ3n) is 2.44. The molecule has 16 heavy (non-hydrogen) atoms. The van der Waals surface area contributed by atoms with Gasteiger partial charge in [0, 0.05) is 11.4 Å². The molecular formula is C11H19Br2N3. The smallest absolute Gasteiger partial charge is 0.0635 e. The number of aromatic nitrogens is 2. The Bertz CT molecular complexity index is 321. The second-order valence-corrected chi connectivity index (χ2v) is 6.70. The highest BCUT2D eigenvalue weighted by Gasteiger charge is 2.09. The molecule has 1 atom stereocenters. The summed E-state index contributed by atoms with van der Waals surface area (Å²) in [6.07, 6.45) is 4.08. The van der Waals surface area contributed by atoms with Gasteiger partial charge in [-0.1, -0.05) is 22.9 Å². The van der Waals surface area contributed by atoms with E-state index in [1.54, 1.807) is 0 Å².